The van der Waals surface area contributed by atoms with E-state index in [2.05, 4.69) is 29.6 Å². The van der Waals surface area contributed by atoms with Crippen LogP contribution in [-0.2, 0) is 5.41 Å². The Morgan fingerprint density at radius 1 is 0.762 bits per heavy atom. The zero-order valence-electron chi connectivity index (χ0n) is 13.2. The highest BCUT2D eigenvalue weighted by Crippen LogP contribution is 2.54. The van der Waals surface area contributed by atoms with Crippen LogP contribution < -0.4 is 5.32 Å². The van der Waals surface area contributed by atoms with Gasteiger partial charge in [-0.3, -0.25) is 0 Å². The predicted octanol–water partition coefficient (Wildman–Crippen LogP) is 5.51. The number of para-hydroxylation sites is 1. The van der Waals surface area contributed by atoms with Gasteiger partial charge in [-0.25, -0.2) is 0 Å². The standard InChI is InChI=1S/C20H29N/c1-3-9-16(10-4-1)20(17-11-5-2-6-12-17)15-21-19-14-8-7-13-18(19)20/h7-8,13-14,16-17,21H,1-6,9-12,15H2. The lowest BCUT2D eigenvalue weighted by Gasteiger charge is -2.47. The van der Waals surface area contributed by atoms with Crippen molar-refractivity contribution in [3.8, 4) is 0 Å². The van der Waals surface area contributed by atoms with Crippen molar-refractivity contribution < 1.29 is 0 Å². The highest BCUT2D eigenvalue weighted by atomic mass is 14.9. The average Bonchev–Trinajstić information content (AvgIpc) is 2.97. The second-order valence-electron chi connectivity index (χ2n) is 7.61. The number of benzene rings is 1. The predicted molar refractivity (Wildman–Crippen MR) is 89.8 cm³/mol. The molecular formula is C20H29N. The lowest BCUT2D eigenvalue weighted by molar-refractivity contribution is 0.116. The summed E-state index contributed by atoms with van der Waals surface area (Å²) in [7, 11) is 0. The van der Waals surface area contributed by atoms with E-state index in [1.165, 1.54) is 76.4 Å². The molecule has 3 aliphatic rings. The minimum absolute atomic E-state index is 0.456. The number of rotatable bonds is 2. The van der Waals surface area contributed by atoms with Crippen molar-refractivity contribution >= 4 is 5.69 Å². The molecule has 0 unspecified atom stereocenters. The largest absolute Gasteiger partial charge is 0.384 e. The molecule has 114 valence electrons. The molecule has 1 N–H and O–H groups in total. The van der Waals surface area contributed by atoms with Crippen LogP contribution in [0, 0.1) is 11.8 Å². The van der Waals surface area contributed by atoms with E-state index >= 15 is 0 Å². The molecule has 1 aromatic carbocycles. The first-order valence-corrected chi connectivity index (χ1v) is 9.24. The van der Waals surface area contributed by atoms with Gasteiger partial charge in [0.2, 0.25) is 0 Å². The molecular weight excluding hydrogens is 254 g/mol. The lowest BCUT2D eigenvalue weighted by atomic mass is 9.57. The topological polar surface area (TPSA) is 12.0 Å². The number of hydrogen-bond donors (Lipinski definition) is 1. The van der Waals surface area contributed by atoms with E-state index in [1.807, 2.05) is 0 Å². The Hall–Kier alpha value is -0.980. The molecule has 0 spiro atoms. The van der Waals surface area contributed by atoms with Crippen molar-refractivity contribution in [2.24, 2.45) is 11.8 Å². The lowest BCUT2D eigenvalue weighted by Crippen LogP contribution is -2.46. The first-order valence-electron chi connectivity index (χ1n) is 9.24. The average molecular weight is 283 g/mol. The van der Waals surface area contributed by atoms with E-state index in [0.29, 0.717) is 5.41 Å². The molecule has 0 saturated heterocycles. The molecule has 4 rings (SSSR count). The summed E-state index contributed by atoms with van der Waals surface area (Å²) in [6.45, 7) is 1.21. The number of nitrogens with one attached hydrogen (secondary N) is 1. The molecule has 2 fully saturated rings. The van der Waals surface area contributed by atoms with E-state index in [1.54, 1.807) is 5.56 Å². The van der Waals surface area contributed by atoms with Gasteiger partial charge < -0.3 is 5.32 Å². The van der Waals surface area contributed by atoms with Gasteiger partial charge in [0.25, 0.3) is 0 Å². The van der Waals surface area contributed by atoms with Crippen molar-refractivity contribution in [2.75, 3.05) is 11.9 Å². The van der Waals surface area contributed by atoms with Gasteiger partial charge in [0, 0.05) is 17.6 Å². The maximum absolute atomic E-state index is 3.79. The van der Waals surface area contributed by atoms with Gasteiger partial charge in [0.05, 0.1) is 0 Å². The third kappa shape index (κ3) is 2.20. The van der Waals surface area contributed by atoms with Crippen molar-refractivity contribution in [1.82, 2.24) is 0 Å². The summed E-state index contributed by atoms with van der Waals surface area (Å²) in [5.41, 5.74) is 3.56. The zero-order chi connectivity index (χ0) is 14.1. The van der Waals surface area contributed by atoms with Crippen LogP contribution in [0.4, 0.5) is 5.69 Å². The molecule has 2 aliphatic carbocycles. The monoisotopic (exact) mass is 283 g/mol. The Labute approximate surface area is 129 Å². The number of anilines is 1. The van der Waals surface area contributed by atoms with Gasteiger partial charge in [0.15, 0.2) is 0 Å². The molecule has 0 aromatic heterocycles. The van der Waals surface area contributed by atoms with Crippen molar-refractivity contribution in [1.29, 1.82) is 0 Å². The van der Waals surface area contributed by atoms with Crippen LogP contribution in [0.1, 0.15) is 69.8 Å². The van der Waals surface area contributed by atoms with Gasteiger partial charge in [-0.05, 0) is 49.1 Å². The highest BCUT2D eigenvalue weighted by molar-refractivity contribution is 5.61. The third-order valence-corrected chi connectivity index (χ3v) is 6.67. The molecule has 1 aromatic rings. The second kappa shape index (κ2) is 5.66. The summed E-state index contributed by atoms with van der Waals surface area (Å²) in [5, 5.41) is 3.79. The molecule has 1 heteroatoms. The van der Waals surface area contributed by atoms with Crippen LogP contribution in [0.25, 0.3) is 0 Å². The fourth-order valence-corrected chi connectivity index (χ4v) is 5.68. The zero-order valence-corrected chi connectivity index (χ0v) is 13.2. The van der Waals surface area contributed by atoms with E-state index in [0.717, 1.165) is 11.8 Å². The van der Waals surface area contributed by atoms with Crippen LogP contribution in [0.15, 0.2) is 24.3 Å². The second-order valence-corrected chi connectivity index (χ2v) is 7.61. The van der Waals surface area contributed by atoms with Gasteiger partial charge in [-0.15, -0.1) is 0 Å². The smallest absolute Gasteiger partial charge is 0.0379 e. The van der Waals surface area contributed by atoms with Crippen LogP contribution in [-0.4, -0.2) is 6.54 Å². The minimum Gasteiger partial charge on any atom is -0.384 e. The Kier molecular flexibility index (Phi) is 3.69. The Bertz CT molecular complexity index is 462. The molecule has 0 radical (unpaired) electrons. The first kappa shape index (κ1) is 13.7. The summed E-state index contributed by atoms with van der Waals surface area (Å²) in [6.07, 6.45) is 14.6. The van der Waals surface area contributed by atoms with Gasteiger partial charge in [0.1, 0.15) is 0 Å². The molecule has 0 bridgehead atoms. The molecule has 21 heavy (non-hydrogen) atoms. The van der Waals surface area contributed by atoms with Crippen LogP contribution in [0.3, 0.4) is 0 Å². The molecule has 1 nitrogen and oxygen atoms in total. The minimum atomic E-state index is 0.456. The van der Waals surface area contributed by atoms with E-state index in [9.17, 15) is 0 Å². The van der Waals surface area contributed by atoms with Crippen molar-refractivity contribution in [3.05, 3.63) is 29.8 Å². The normalized spacial score (nSPS) is 26.3. The van der Waals surface area contributed by atoms with Gasteiger partial charge in [-0.2, -0.15) is 0 Å². The Morgan fingerprint density at radius 2 is 1.33 bits per heavy atom. The third-order valence-electron chi connectivity index (χ3n) is 6.67. The summed E-state index contributed by atoms with van der Waals surface area (Å²) < 4.78 is 0. The maximum atomic E-state index is 3.79. The van der Waals surface area contributed by atoms with E-state index < -0.39 is 0 Å². The quantitative estimate of drug-likeness (QED) is 0.754. The highest BCUT2D eigenvalue weighted by Gasteiger charge is 2.50. The summed E-state index contributed by atoms with van der Waals surface area (Å²) in [5.74, 6) is 1.84. The van der Waals surface area contributed by atoms with Gasteiger partial charge in [-0.1, -0.05) is 56.7 Å². The van der Waals surface area contributed by atoms with Gasteiger partial charge >= 0.3 is 0 Å². The van der Waals surface area contributed by atoms with E-state index in [4.69, 9.17) is 0 Å². The summed E-state index contributed by atoms with van der Waals surface area (Å²) in [6, 6.07) is 9.22. The van der Waals surface area contributed by atoms with Crippen LogP contribution in [0.5, 0.6) is 0 Å². The fraction of sp³-hybridized carbons (Fsp3) is 0.700. The molecule has 1 aliphatic heterocycles. The maximum Gasteiger partial charge on any atom is 0.0379 e. The fourth-order valence-electron chi connectivity index (χ4n) is 5.68. The molecule has 0 atom stereocenters. The number of hydrogen-bond acceptors (Lipinski definition) is 1. The van der Waals surface area contributed by atoms with Crippen molar-refractivity contribution in [3.63, 3.8) is 0 Å². The first-order chi connectivity index (χ1) is 10.4. The Balaban J connectivity index is 1.75. The summed E-state index contributed by atoms with van der Waals surface area (Å²) >= 11 is 0. The van der Waals surface area contributed by atoms with Crippen LogP contribution in [0.2, 0.25) is 0 Å². The molecule has 1 heterocycles. The van der Waals surface area contributed by atoms with E-state index in [-0.39, 0.29) is 0 Å². The van der Waals surface area contributed by atoms with Crippen LogP contribution >= 0.6 is 0 Å². The molecule has 2 saturated carbocycles. The Morgan fingerprint density at radius 3 is 1.95 bits per heavy atom. The SMILES string of the molecule is c1ccc2c(c1)NCC2(C1CCCCC1)C1CCCCC1. The number of fused-ring (bicyclic) bond motifs is 1. The van der Waals surface area contributed by atoms with Crippen molar-refractivity contribution in [2.45, 2.75) is 69.6 Å². The molecule has 0 amide bonds. The summed E-state index contributed by atoms with van der Waals surface area (Å²) in [4.78, 5) is 0.